The predicted octanol–water partition coefficient (Wildman–Crippen LogP) is 1.90. The molecule has 1 N–H and O–H groups in total. The van der Waals surface area contributed by atoms with Gasteiger partial charge in [0, 0.05) is 19.1 Å². The maximum Gasteiger partial charge on any atom is 0.261 e. The van der Waals surface area contributed by atoms with Crippen molar-refractivity contribution in [2.24, 2.45) is 0 Å². The first-order valence-corrected chi connectivity index (χ1v) is 6.63. The van der Waals surface area contributed by atoms with Crippen LogP contribution in [0, 0.1) is 13.8 Å². The van der Waals surface area contributed by atoms with Crippen LogP contribution >= 0.6 is 0 Å². The summed E-state index contributed by atoms with van der Waals surface area (Å²) in [5.74, 6) is -0.321. The lowest BCUT2D eigenvalue weighted by Crippen LogP contribution is -2.38. The van der Waals surface area contributed by atoms with Gasteiger partial charge in [-0.05, 0) is 25.0 Å². The summed E-state index contributed by atoms with van der Waals surface area (Å²) < 4.78 is 0. The molecule has 0 atom stereocenters. The molecule has 2 amide bonds. The van der Waals surface area contributed by atoms with E-state index >= 15 is 0 Å². The lowest BCUT2D eigenvalue weighted by Gasteiger charge is -2.15. The largest absolute Gasteiger partial charge is 0.313 e. The molecule has 0 saturated heterocycles. The van der Waals surface area contributed by atoms with Crippen LogP contribution in [-0.2, 0) is 0 Å². The molecule has 0 unspecified atom stereocenters. The van der Waals surface area contributed by atoms with Crippen LogP contribution in [0.4, 0.5) is 0 Å². The van der Waals surface area contributed by atoms with E-state index in [9.17, 15) is 9.59 Å². The predicted molar refractivity (Wildman–Crippen MR) is 74.4 cm³/mol. The van der Waals surface area contributed by atoms with E-state index in [4.69, 9.17) is 0 Å². The monoisotopic (exact) mass is 260 g/mol. The van der Waals surface area contributed by atoms with E-state index in [0.29, 0.717) is 30.3 Å². The van der Waals surface area contributed by atoms with Crippen LogP contribution in [0.5, 0.6) is 0 Å². The second-order valence-electron chi connectivity index (χ2n) is 5.32. The average Bonchev–Trinajstić information content (AvgIpc) is 2.59. The van der Waals surface area contributed by atoms with Crippen molar-refractivity contribution in [1.82, 2.24) is 10.2 Å². The second-order valence-corrected chi connectivity index (χ2v) is 5.32. The number of nitrogens with zero attached hydrogens (tertiary/aromatic N) is 1. The van der Waals surface area contributed by atoms with Gasteiger partial charge in [0.2, 0.25) is 0 Å². The van der Waals surface area contributed by atoms with Crippen LogP contribution < -0.4 is 5.32 Å². The number of amides is 2. The number of benzene rings is 1. The Hall–Kier alpha value is -1.68. The van der Waals surface area contributed by atoms with Gasteiger partial charge in [-0.3, -0.25) is 14.5 Å². The van der Waals surface area contributed by atoms with Crippen molar-refractivity contribution >= 4 is 11.8 Å². The maximum atomic E-state index is 12.3. The zero-order valence-corrected chi connectivity index (χ0v) is 11.9. The highest BCUT2D eigenvalue weighted by Crippen LogP contribution is 2.28. The van der Waals surface area contributed by atoms with Gasteiger partial charge >= 0.3 is 0 Å². The van der Waals surface area contributed by atoms with Crippen LogP contribution in [-0.4, -0.2) is 35.8 Å². The van der Waals surface area contributed by atoms with Crippen LogP contribution in [0.1, 0.15) is 45.7 Å². The van der Waals surface area contributed by atoms with Gasteiger partial charge in [0.25, 0.3) is 11.8 Å². The molecule has 102 valence electrons. The number of nitrogens with one attached hydrogen (secondary N) is 1. The highest BCUT2D eigenvalue weighted by Gasteiger charge is 2.37. The molecule has 1 aliphatic heterocycles. The Morgan fingerprint density at radius 2 is 1.53 bits per heavy atom. The van der Waals surface area contributed by atoms with E-state index in [0.717, 1.165) is 11.1 Å². The summed E-state index contributed by atoms with van der Waals surface area (Å²) in [4.78, 5) is 26.0. The van der Waals surface area contributed by atoms with Crippen LogP contribution in [0.2, 0.25) is 0 Å². The third-order valence-electron chi connectivity index (χ3n) is 3.43. The van der Waals surface area contributed by atoms with Crippen molar-refractivity contribution in [3.63, 3.8) is 0 Å². The molecule has 19 heavy (non-hydrogen) atoms. The summed E-state index contributed by atoms with van der Waals surface area (Å²) in [6.45, 7) is 8.87. The topological polar surface area (TPSA) is 49.4 Å². The summed E-state index contributed by atoms with van der Waals surface area (Å²) in [5, 5.41) is 3.22. The molecule has 0 aliphatic carbocycles. The number of hydrogen-bond acceptors (Lipinski definition) is 3. The fraction of sp³-hybridized carbons (Fsp3) is 0.467. The van der Waals surface area contributed by atoms with Crippen molar-refractivity contribution in [3.05, 3.63) is 34.4 Å². The third-order valence-corrected chi connectivity index (χ3v) is 3.43. The first-order valence-electron chi connectivity index (χ1n) is 6.63. The third kappa shape index (κ3) is 2.40. The SMILES string of the molecule is Cc1ccc(C)c2c1C(=O)N(CCNC(C)C)C2=O. The van der Waals surface area contributed by atoms with Gasteiger partial charge in [-0.1, -0.05) is 26.0 Å². The molecule has 0 bridgehead atoms. The van der Waals surface area contributed by atoms with Crippen LogP contribution in [0.15, 0.2) is 12.1 Å². The van der Waals surface area contributed by atoms with Gasteiger partial charge in [-0.25, -0.2) is 0 Å². The minimum absolute atomic E-state index is 0.160. The summed E-state index contributed by atoms with van der Waals surface area (Å²) in [6.07, 6.45) is 0. The first kappa shape index (κ1) is 13.7. The van der Waals surface area contributed by atoms with E-state index in [2.05, 4.69) is 5.32 Å². The van der Waals surface area contributed by atoms with Gasteiger partial charge < -0.3 is 5.32 Å². The Morgan fingerprint density at radius 3 is 1.95 bits per heavy atom. The number of carbonyl (C=O) groups is 2. The van der Waals surface area contributed by atoms with Crippen molar-refractivity contribution < 1.29 is 9.59 Å². The molecule has 0 fully saturated rings. The summed E-state index contributed by atoms with van der Waals surface area (Å²) >= 11 is 0. The van der Waals surface area contributed by atoms with Crippen molar-refractivity contribution in [1.29, 1.82) is 0 Å². The van der Waals surface area contributed by atoms with E-state index in [1.54, 1.807) is 0 Å². The van der Waals surface area contributed by atoms with Gasteiger partial charge in [0.15, 0.2) is 0 Å². The second kappa shape index (κ2) is 5.13. The standard InChI is InChI=1S/C15H20N2O2/c1-9(2)16-7-8-17-14(18)12-10(3)5-6-11(4)13(12)15(17)19/h5-6,9,16H,7-8H2,1-4H3. The molecule has 0 radical (unpaired) electrons. The van der Waals surface area contributed by atoms with Crippen molar-refractivity contribution in [2.75, 3.05) is 13.1 Å². The van der Waals surface area contributed by atoms with Crippen molar-refractivity contribution in [3.8, 4) is 0 Å². The molecule has 1 aromatic rings. The summed E-state index contributed by atoms with van der Waals surface area (Å²) in [5.41, 5.74) is 2.90. The van der Waals surface area contributed by atoms with E-state index in [1.165, 1.54) is 4.90 Å². The van der Waals surface area contributed by atoms with Gasteiger partial charge in [-0.2, -0.15) is 0 Å². The number of aryl methyl sites for hydroxylation is 2. The lowest BCUT2D eigenvalue weighted by molar-refractivity contribution is 0.0654. The van der Waals surface area contributed by atoms with E-state index in [1.807, 2.05) is 39.8 Å². The minimum atomic E-state index is -0.160. The zero-order valence-electron chi connectivity index (χ0n) is 11.9. The smallest absolute Gasteiger partial charge is 0.261 e. The Balaban J connectivity index is 2.24. The quantitative estimate of drug-likeness (QED) is 0.841. The average molecular weight is 260 g/mol. The minimum Gasteiger partial charge on any atom is -0.313 e. The molecule has 4 heteroatoms. The van der Waals surface area contributed by atoms with Crippen molar-refractivity contribution in [2.45, 2.75) is 33.7 Å². The molecular weight excluding hydrogens is 240 g/mol. The first-order chi connectivity index (χ1) is 8.93. The molecule has 1 aliphatic rings. The van der Waals surface area contributed by atoms with Gasteiger partial charge in [-0.15, -0.1) is 0 Å². The molecular formula is C15H20N2O2. The van der Waals surface area contributed by atoms with Crippen LogP contribution in [0.3, 0.4) is 0 Å². The van der Waals surface area contributed by atoms with Crippen LogP contribution in [0.25, 0.3) is 0 Å². The molecule has 2 rings (SSSR count). The number of hydrogen-bond donors (Lipinski definition) is 1. The maximum absolute atomic E-state index is 12.3. The Morgan fingerprint density at radius 1 is 1.05 bits per heavy atom. The number of fused-ring (bicyclic) bond motifs is 1. The number of carbonyl (C=O) groups excluding carboxylic acids is 2. The van der Waals surface area contributed by atoms with Gasteiger partial charge in [0.1, 0.15) is 0 Å². The molecule has 1 aromatic carbocycles. The zero-order chi connectivity index (χ0) is 14.2. The number of imide groups is 1. The molecule has 4 nitrogen and oxygen atoms in total. The lowest BCUT2D eigenvalue weighted by atomic mass is 9.99. The molecule has 0 aromatic heterocycles. The molecule has 0 saturated carbocycles. The Bertz CT molecular complexity index is 494. The Kier molecular flexibility index (Phi) is 3.71. The number of rotatable bonds is 4. The summed E-state index contributed by atoms with van der Waals surface area (Å²) in [7, 11) is 0. The fourth-order valence-electron chi connectivity index (χ4n) is 2.39. The normalized spacial score (nSPS) is 14.5. The van der Waals surface area contributed by atoms with Gasteiger partial charge in [0.05, 0.1) is 11.1 Å². The molecule has 1 heterocycles. The van der Waals surface area contributed by atoms with E-state index in [-0.39, 0.29) is 11.8 Å². The highest BCUT2D eigenvalue weighted by atomic mass is 16.2. The fourth-order valence-corrected chi connectivity index (χ4v) is 2.39. The molecule has 0 spiro atoms. The summed E-state index contributed by atoms with van der Waals surface area (Å²) in [6, 6.07) is 4.14. The van der Waals surface area contributed by atoms with E-state index < -0.39 is 0 Å². The Labute approximate surface area is 113 Å². The highest BCUT2D eigenvalue weighted by molar-refractivity contribution is 6.22.